The van der Waals surface area contributed by atoms with Gasteiger partial charge in [-0.1, -0.05) is 30.3 Å². The van der Waals surface area contributed by atoms with Gasteiger partial charge in [0.2, 0.25) is 11.9 Å². The van der Waals surface area contributed by atoms with Gasteiger partial charge in [-0.15, -0.1) is 5.10 Å². The van der Waals surface area contributed by atoms with Crippen molar-refractivity contribution in [3.8, 4) is 0 Å². The zero-order valence-electron chi connectivity index (χ0n) is 14.0. The first kappa shape index (κ1) is 16.2. The van der Waals surface area contributed by atoms with E-state index >= 15 is 0 Å². The molecule has 1 aliphatic rings. The topological polar surface area (TPSA) is 74.2 Å². The number of aromatic nitrogens is 3. The van der Waals surface area contributed by atoms with Gasteiger partial charge in [-0.3, -0.25) is 4.79 Å². The predicted octanol–water partition coefficient (Wildman–Crippen LogP) is 1.71. The molecule has 1 aliphatic heterocycles. The summed E-state index contributed by atoms with van der Waals surface area (Å²) in [6.45, 7) is 6.51. The van der Waals surface area contributed by atoms with Crippen LogP contribution in [0.3, 0.4) is 0 Å². The van der Waals surface area contributed by atoms with Crippen LogP contribution < -0.4 is 10.2 Å². The number of carbonyl (C=O) groups is 1. The van der Waals surface area contributed by atoms with Crippen LogP contribution in [0.2, 0.25) is 0 Å². The van der Waals surface area contributed by atoms with Gasteiger partial charge in [0.1, 0.15) is 0 Å². The molecule has 2 aromatic rings. The van der Waals surface area contributed by atoms with E-state index in [0.29, 0.717) is 24.9 Å². The van der Waals surface area contributed by atoms with Crippen molar-refractivity contribution in [3.63, 3.8) is 0 Å². The molecular formula is C17H22N6O. The number of anilines is 2. The second-order valence-corrected chi connectivity index (χ2v) is 5.91. The highest BCUT2D eigenvalue weighted by Crippen LogP contribution is 2.18. The van der Waals surface area contributed by atoms with Gasteiger partial charge < -0.3 is 15.1 Å². The summed E-state index contributed by atoms with van der Waals surface area (Å²) in [5.74, 6) is 1.41. The number of carbonyl (C=O) groups excluding carboxylic acids is 1. The number of benzene rings is 1. The number of hydrogen-bond acceptors (Lipinski definition) is 6. The average molecular weight is 326 g/mol. The third kappa shape index (κ3) is 3.79. The first-order chi connectivity index (χ1) is 11.6. The first-order valence-electron chi connectivity index (χ1n) is 8.15. The fourth-order valence-corrected chi connectivity index (χ4v) is 2.77. The van der Waals surface area contributed by atoms with Crippen LogP contribution in [0.5, 0.6) is 0 Å². The van der Waals surface area contributed by atoms with E-state index < -0.39 is 0 Å². The molecule has 0 aliphatic carbocycles. The molecule has 1 aromatic carbocycles. The monoisotopic (exact) mass is 326 g/mol. The molecule has 126 valence electrons. The third-order valence-electron chi connectivity index (χ3n) is 4.22. The molecule has 1 unspecified atom stereocenters. The molecule has 24 heavy (non-hydrogen) atoms. The third-order valence-corrected chi connectivity index (χ3v) is 4.22. The largest absolute Gasteiger partial charge is 0.362 e. The van der Waals surface area contributed by atoms with Crippen molar-refractivity contribution in [2.45, 2.75) is 19.9 Å². The van der Waals surface area contributed by atoms with E-state index in [9.17, 15) is 4.79 Å². The summed E-state index contributed by atoms with van der Waals surface area (Å²) < 4.78 is 0. The summed E-state index contributed by atoms with van der Waals surface area (Å²) in [4.78, 5) is 19.9. The van der Waals surface area contributed by atoms with Gasteiger partial charge in [0.05, 0.1) is 6.20 Å². The number of amides is 1. The van der Waals surface area contributed by atoms with Crippen molar-refractivity contribution in [3.05, 3.63) is 42.1 Å². The smallest absolute Gasteiger partial charge is 0.247 e. The van der Waals surface area contributed by atoms with E-state index in [1.807, 2.05) is 23.1 Å². The molecule has 1 amide bonds. The maximum Gasteiger partial charge on any atom is 0.247 e. The molecule has 2 heterocycles. The summed E-state index contributed by atoms with van der Waals surface area (Å²) in [5, 5.41) is 11.6. The molecule has 1 aromatic heterocycles. The standard InChI is InChI=1S/C17H22N6O/c1-13(15-6-4-3-5-7-15)19-16-12-18-21-17(20-16)23-10-8-22(9-11-23)14(2)24/h3-7,12-13H,8-11H2,1-2H3,(H,19,20,21). The van der Waals surface area contributed by atoms with E-state index in [0.717, 1.165) is 13.1 Å². The molecule has 7 heteroatoms. The number of hydrogen-bond donors (Lipinski definition) is 1. The normalized spacial score (nSPS) is 15.9. The van der Waals surface area contributed by atoms with Gasteiger partial charge in [0.15, 0.2) is 5.82 Å². The van der Waals surface area contributed by atoms with Gasteiger partial charge in [-0.25, -0.2) is 0 Å². The molecule has 3 rings (SSSR count). The van der Waals surface area contributed by atoms with Gasteiger partial charge >= 0.3 is 0 Å². The summed E-state index contributed by atoms with van der Waals surface area (Å²) in [5.41, 5.74) is 1.19. The molecule has 7 nitrogen and oxygen atoms in total. The lowest BCUT2D eigenvalue weighted by molar-refractivity contribution is -0.129. The van der Waals surface area contributed by atoms with E-state index in [2.05, 4.69) is 44.5 Å². The molecule has 1 N–H and O–H groups in total. The number of rotatable bonds is 4. The van der Waals surface area contributed by atoms with Crippen LogP contribution in [-0.2, 0) is 4.79 Å². The maximum atomic E-state index is 11.4. The predicted molar refractivity (Wildman–Crippen MR) is 92.8 cm³/mol. The Hall–Kier alpha value is -2.70. The lowest BCUT2D eigenvalue weighted by atomic mass is 10.1. The summed E-state index contributed by atoms with van der Waals surface area (Å²) >= 11 is 0. The first-order valence-corrected chi connectivity index (χ1v) is 8.15. The second kappa shape index (κ2) is 7.25. The van der Waals surface area contributed by atoms with Crippen LogP contribution in [0.15, 0.2) is 36.5 Å². The molecule has 1 atom stereocenters. The maximum absolute atomic E-state index is 11.4. The minimum atomic E-state index is 0.112. The Labute approximate surface area is 141 Å². The molecule has 1 fully saturated rings. The van der Waals surface area contributed by atoms with Crippen LogP contribution >= 0.6 is 0 Å². The van der Waals surface area contributed by atoms with Crippen molar-refractivity contribution in [2.75, 3.05) is 36.4 Å². The number of nitrogens with zero attached hydrogens (tertiary/aromatic N) is 5. The van der Waals surface area contributed by atoms with E-state index in [1.165, 1.54) is 5.56 Å². The zero-order valence-corrected chi connectivity index (χ0v) is 14.0. The Balaban J connectivity index is 1.65. The summed E-state index contributed by atoms with van der Waals surface area (Å²) in [6.07, 6.45) is 1.63. The van der Waals surface area contributed by atoms with E-state index in [4.69, 9.17) is 0 Å². The van der Waals surface area contributed by atoms with Crippen LogP contribution in [0.25, 0.3) is 0 Å². The minimum absolute atomic E-state index is 0.112. The zero-order chi connectivity index (χ0) is 16.9. The Bertz CT molecular complexity index is 684. The Morgan fingerprint density at radius 1 is 1.17 bits per heavy atom. The van der Waals surface area contributed by atoms with Crippen molar-refractivity contribution in [1.29, 1.82) is 0 Å². The van der Waals surface area contributed by atoms with Gasteiger partial charge in [0, 0.05) is 39.1 Å². The summed E-state index contributed by atoms with van der Waals surface area (Å²) in [6, 6.07) is 10.3. The average Bonchev–Trinajstić information content (AvgIpc) is 2.63. The Kier molecular flexibility index (Phi) is 4.88. The second-order valence-electron chi connectivity index (χ2n) is 5.91. The fraction of sp³-hybridized carbons (Fsp3) is 0.412. The number of piperazine rings is 1. The Morgan fingerprint density at radius 3 is 2.54 bits per heavy atom. The Morgan fingerprint density at radius 2 is 1.88 bits per heavy atom. The lowest BCUT2D eigenvalue weighted by Crippen LogP contribution is -2.48. The fourth-order valence-electron chi connectivity index (χ4n) is 2.77. The van der Waals surface area contributed by atoms with E-state index in [-0.39, 0.29) is 11.9 Å². The molecule has 1 saturated heterocycles. The van der Waals surface area contributed by atoms with Gasteiger partial charge in [-0.05, 0) is 12.5 Å². The molecule has 0 saturated carbocycles. The van der Waals surface area contributed by atoms with Crippen LogP contribution in [0, 0.1) is 0 Å². The van der Waals surface area contributed by atoms with Crippen molar-refractivity contribution >= 4 is 17.7 Å². The highest BCUT2D eigenvalue weighted by atomic mass is 16.2. The molecular weight excluding hydrogens is 304 g/mol. The van der Waals surface area contributed by atoms with Crippen LogP contribution in [0.1, 0.15) is 25.5 Å². The minimum Gasteiger partial charge on any atom is -0.362 e. The van der Waals surface area contributed by atoms with Crippen LogP contribution in [0.4, 0.5) is 11.8 Å². The SMILES string of the molecule is CC(=O)N1CCN(c2nncc(NC(C)c3ccccc3)n2)CC1. The molecule has 0 spiro atoms. The van der Waals surface area contributed by atoms with Gasteiger partial charge in [0.25, 0.3) is 0 Å². The molecule has 0 bridgehead atoms. The molecule has 0 radical (unpaired) electrons. The van der Waals surface area contributed by atoms with Gasteiger partial charge in [-0.2, -0.15) is 10.1 Å². The van der Waals surface area contributed by atoms with E-state index in [1.54, 1.807) is 13.1 Å². The number of nitrogens with one attached hydrogen (secondary N) is 1. The van der Waals surface area contributed by atoms with Crippen molar-refractivity contribution < 1.29 is 4.79 Å². The highest BCUT2D eigenvalue weighted by Gasteiger charge is 2.21. The lowest BCUT2D eigenvalue weighted by Gasteiger charge is -2.34. The van der Waals surface area contributed by atoms with Crippen molar-refractivity contribution in [1.82, 2.24) is 20.1 Å². The summed E-state index contributed by atoms with van der Waals surface area (Å²) in [7, 11) is 0. The van der Waals surface area contributed by atoms with Crippen LogP contribution in [-0.4, -0.2) is 52.2 Å². The van der Waals surface area contributed by atoms with Crippen molar-refractivity contribution in [2.24, 2.45) is 0 Å². The quantitative estimate of drug-likeness (QED) is 0.922. The highest BCUT2D eigenvalue weighted by molar-refractivity contribution is 5.73.